The number of benzene rings is 1. The third kappa shape index (κ3) is 2.53. The van der Waals surface area contributed by atoms with E-state index in [2.05, 4.69) is 0 Å². The van der Waals surface area contributed by atoms with Crippen molar-refractivity contribution in [2.45, 2.75) is 38.9 Å². The second-order valence-corrected chi connectivity index (χ2v) is 5.97. The third-order valence-electron chi connectivity index (χ3n) is 3.92. The Labute approximate surface area is 119 Å². The molecule has 1 aliphatic heterocycles. The fourth-order valence-electron chi connectivity index (χ4n) is 2.03. The molecule has 108 valence electrons. The molecule has 0 unspecified atom stereocenters. The Morgan fingerprint density at radius 1 is 1.15 bits per heavy atom. The lowest BCUT2D eigenvalue weighted by molar-refractivity contribution is 0.00578. The topological polar surface area (TPSA) is 70.8 Å². The van der Waals surface area contributed by atoms with Crippen LogP contribution in [0, 0.1) is 0 Å². The number of nitrogens with two attached hydrogens (primary N) is 1. The van der Waals surface area contributed by atoms with Crippen LogP contribution in [0.1, 0.15) is 38.1 Å². The van der Waals surface area contributed by atoms with Gasteiger partial charge in [-0.3, -0.25) is 0 Å². The van der Waals surface area contributed by atoms with Crippen molar-refractivity contribution in [1.82, 2.24) is 0 Å². The molecule has 0 atom stereocenters. The van der Waals surface area contributed by atoms with Crippen LogP contribution in [0.15, 0.2) is 18.2 Å². The molecule has 6 heteroatoms. The summed E-state index contributed by atoms with van der Waals surface area (Å²) in [5, 5.41) is 0. The zero-order chi connectivity index (χ0) is 15.1. The molecular formula is C14H20BNO4. The molecule has 1 fully saturated rings. The first-order valence-electron chi connectivity index (χ1n) is 6.51. The number of anilines is 1. The normalized spacial score (nSPS) is 19.9. The van der Waals surface area contributed by atoms with Crippen LogP contribution in [0.4, 0.5) is 5.69 Å². The quantitative estimate of drug-likeness (QED) is 0.502. The predicted molar refractivity (Wildman–Crippen MR) is 77.9 cm³/mol. The first kappa shape index (κ1) is 14.9. The maximum atomic E-state index is 11.6. The minimum Gasteiger partial charge on any atom is -0.465 e. The summed E-state index contributed by atoms with van der Waals surface area (Å²) in [5.74, 6) is -0.435. The van der Waals surface area contributed by atoms with E-state index < -0.39 is 24.3 Å². The van der Waals surface area contributed by atoms with Gasteiger partial charge < -0.3 is 19.8 Å². The molecule has 20 heavy (non-hydrogen) atoms. The number of ether oxygens (including phenoxy) is 1. The lowest BCUT2D eigenvalue weighted by atomic mass is 9.78. The summed E-state index contributed by atoms with van der Waals surface area (Å²) in [6, 6.07) is 5.00. The van der Waals surface area contributed by atoms with Crippen LogP contribution in [-0.4, -0.2) is 31.4 Å². The van der Waals surface area contributed by atoms with E-state index in [1.54, 1.807) is 18.2 Å². The van der Waals surface area contributed by atoms with E-state index in [1.165, 1.54) is 7.11 Å². The molecule has 2 rings (SSSR count). The first-order chi connectivity index (χ1) is 9.16. The highest BCUT2D eigenvalue weighted by atomic mass is 16.7. The second kappa shape index (κ2) is 4.79. The molecule has 0 aromatic heterocycles. The minimum absolute atomic E-state index is 0.386. The van der Waals surface area contributed by atoms with Gasteiger partial charge in [-0.2, -0.15) is 0 Å². The number of carbonyl (C=O) groups is 1. The smallest absolute Gasteiger partial charge is 0.465 e. The molecular weight excluding hydrogens is 257 g/mol. The molecule has 0 amide bonds. The maximum Gasteiger partial charge on any atom is 0.494 e. The fraction of sp³-hybridized carbons (Fsp3) is 0.500. The number of hydrogen-bond donors (Lipinski definition) is 1. The number of nitrogen functional groups attached to an aromatic ring is 1. The average Bonchev–Trinajstić information content (AvgIpc) is 2.57. The van der Waals surface area contributed by atoms with Crippen molar-refractivity contribution in [1.29, 1.82) is 0 Å². The zero-order valence-corrected chi connectivity index (χ0v) is 12.5. The van der Waals surface area contributed by atoms with E-state index in [0.29, 0.717) is 16.7 Å². The summed E-state index contributed by atoms with van der Waals surface area (Å²) in [6.07, 6.45) is 0. The molecule has 1 saturated heterocycles. The van der Waals surface area contributed by atoms with Gasteiger partial charge >= 0.3 is 13.1 Å². The third-order valence-corrected chi connectivity index (χ3v) is 3.92. The maximum absolute atomic E-state index is 11.6. The minimum atomic E-state index is -0.549. The standard InChI is InChI=1S/C14H20BNO4/c1-13(2)14(3,4)20-15(19-13)10-6-9(12(17)18-5)7-11(16)8-10/h6-8H,16H2,1-5H3. The average molecular weight is 277 g/mol. The highest BCUT2D eigenvalue weighted by Crippen LogP contribution is 2.36. The van der Waals surface area contributed by atoms with Gasteiger partial charge in [-0.25, -0.2) is 4.79 Å². The summed E-state index contributed by atoms with van der Waals surface area (Å²) in [5.41, 5.74) is 6.53. The molecule has 5 nitrogen and oxygen atoms in total. The Kier molecular flexibility index (Phi) is 3.56. The number of hydrogen-bond acceptors (Lipinski definition) is 5. The van der Waals surface area contributed by atoms with Crippen LogP contribution in [-0.2, 0) is 14.0 Å². The summed E-state index contributed by atoms with van der Waals surface area (Å²) >= 11 is 0. The van der Waals surface area contributed by atoms with Gasteiger partial charge in [0.05, 0.1) is 23.9 Å². The van der Waals surface area contributed by atoms with Crippen molar-refractivity contribution in [2.24, 2.45) is 0 Å². The van der Waals surface area contributed by atoms with Crippen LogP contribution in [0.2, 0.25) is 0 Å². The van der Waals surface area contributed by atoms with Gasteiger partial charge in [0.25, 0.3) is 0 Å². The molecule has 1 aromatic rings. The van der Waals surface area contributed by atoms with Crippen LogP contribution in [0.3, 0.4) is 0 Å². The molecule has 0 saturated carbocycles. The number of esters is 1. The van der Waals surface area contributed by atoms with Crippen molar-refractivity contribution in [3.05, 3.63) is 23.8 Å². The fourth-order valence-corrected chi connectivity index (χ4v) is 2.03. The number of methoxy groups -OCH3 is 1. The SMILES string of the molecule is COC(=O)c1cc(N)cc(B2OC(C)(C)C(C)(C)O2)c1. The lowest BCUT2D eigenvalue weighted by Crippen LogP contribution is -2.41. The highest BCUT2D eigenvalue weighted by Gasteiger charge is 2.51. The Bertz CT molecular complexity index is 526. The van der Waals surface area contributed by atoms with Crippen molar-refractivity contribution < 1.29 is 18.8 Å². The van der Waals surface area contributed by atoms with E-state index in [1.807, 2.05) is 27.7 Å². The van der Waals surface area contributed by atoms with Gasteiger partial charge in [-0.05, 0) is 51.4 Å². The molecule has 2 N–H and O–H groups in total. The molecule has 1 heterocycles. The van der Waals surface area contributed by atoms with Crippen LogP contribution >= 0.6 is 0 Å². The van der Waals surface area contributed by atoms with Crippen molar-refractivity contribution in [3.63, 3.8) is 0 Å². The van der Waals surface area contributed by atoms with Crippen LogP contribution < -0.4 is 11.2 Å². The predicted octanol–water partition coefficient (Wildman–Crippen LogP) is 1.35. The van der Waals surface area contributed by atoms with Crippen molar-refractivity contribution in [2.75, 3.05) is 12.8 Å². The second-order valence-electron chi connectivity index (χ2n) is 5.97. The summed E-state index contributed by atoms with van der Waals surface area (Å²) in [7, 11) is 0.784. The molecule has 0 spiro atoms. The summed E-state index contributed by atoms with van der Waals surface area (Å²) in [6.45, 7) is 7.89. The van der Waals surface area contributed by atoms with Gasteiger partial charge in [0.1, 0.15) is 0 Å². The first-order valence-corrected chi connectivity index (χ1v) is 6.51. The number of carbonyl (C=O) groups excluding carboxylic acids is 1. The number of rotatable bonds is 2. The Balaban J connectivity index is 2.35. The molecule has 1 aromatic carbocycles. The molecule has 0 bridgehead atoms. The van der Waals surface area contributed by atoms with E-state index in [0.717, 1.165) is 0 Å². The Morgan fingerprint density at radius 3 is 2.20 bits per heavy atom. The highest BCUT2D eigenvalue weighted by molar-refractivity contribution is 6.62. The van der Waals surface area contributed by atoms with E-state index in [4.69, 9.17) is 19.8 Å². The van der Waals surface area contributed by atoms with Gasteiger partial charge in [-0.15, -0.1) is 0 Å². The van der Waals surface area contributed by atoms with Crippen molar-refractivity contribution in [3.8, 4) is 0 Å². The van der Waals surface area contributed by atoms with Crippen molar-refractivity contribution >= 4 is 24.2 Å². The Hall–Kier alpha value is -1.53. The van der Waals surface area contributed by atoms with Gasteiger partial charge in [0.15, 0.2) is 0 Å². The monoisotopic (exact) mass is 277 g/mol. The van der Waals surface area contributed by atoms with Gasteiger partial charge in [0, 0.05) is 5.69 Å². The largest absolute Gasteiger partial charge is 0.494 e. The zero-order valence-electron chi connectivity index (χ0n) is 12.5. The molecule has 0 aliphatic carbocycles. The van der Waals surface area contributed by atoms with Gasteiger partial charge in [0.2, 0.25) is 0 Å². The molecule has 1 aliphatic rings. The molecule has 0 radical (unpaired) electrons. The van der Waals surface area contributed by atoms with E-state index in [-0.39, 0.29) is 0 Å². The van der Waals surface area contributed by atoms with Crippen LogP contribution in [0.5, 0.6) is 0 Å². The summed E-state index contributed by atoms with van der Waals surface area (Å²) < 4.78 is 16.6. The summed E-state index contributed by atoms with van der Waals surface area (Å²) in [4.78, 5) is 11.6. The van der Waals surface area contributed by atoms with Crippen LogP contribution in [0.25, 0.3) is 0 Å². The Morgan fingerprint density at radius 2 is 1.70 bits per heavy atom. The van der Waals surface area contributed by atoms with Gasteiger partial charge in [-0.1, -0.05) is 0 Å². The van der Waals surface area contributed by atoms with E-state index in [9.17, 15) is 4.79 Å². The van der Waals surface area contributed by atoms with E-state index >= 15 is 0 Å². The lowest BCUT2D eigenvalue weighted by Gasteiger charge is -2.32.